The summed E-state index contributed by atoms with van der Waals surface area (Å²) in [5.74, 6) is 0.550. The number of amides is 1. The maximum absolute atomic E-state index is 12.1. The molecule has 2 aromatic rings. The number of hydrazone groups is 1. The molecule has 0 unspecified atom stereocenters. The number of aromatic hydroxyl groups is 1. The summed E-state index contributed by atoms with van der Waals surface area (Å²) in [6, 6.07) is 8.53. The summed E-state index contributed by atoms with van der Waals surface area (Å²) in [6.07, 6.45) is 1.36. The number of phenols is 1. The van der Waals surface area contributed by atoms with E-state index in [-0.39, 0.29) is 11.7 Å². The van der Waals surface area contributed by atoms with Crippen LogP contribution in [0.2, 0.25) is 0 Å². The molecule has 2 aromatic carbocycles. The van der Waals surface area contributed by atoms with Crippen LogP contribution >= 0.6 is 45.2 Å². The number of nitrogens with zero attached hydrogens (tertiary/aromatic N) is 1. The zero-order chi connectivity index (χ0) is 17.7. The highest BCUT2D eigenvalue weighted by Gasteiger charge is 2.10. The van der Waals surface area contributed by atoms with Crippen LogP contribution in [0.4, 0.5) is 0 Å². The van der Waals surface area contributed by atoms with Crippen LogP contribution in [0.15, 0.2) is 35.4 Å². The second-order valence-electron chi connectivity index (χ2n) is 4.59. The van der Waals surface area contributed by atoms with Gasteiger partial charge in [0, 0.05) is 14.7 Å². The van der Waals surface area contributed by atoms with E-state index in [9.17, 15) is 9.90 Å². The number of methoxy groups -OCH3 is 2. The topological polar surface area (TPSA) is 80.2 Å². The summed E-state index contributed by atoms with van der Waals surface area (Å²) in [5, 5.41) is 13.9. The Labute approximate surface area is 166 Å². The smallest absolute Gasteiger partial charge is 0.271 e. The van der Waals surface area contributed by atoms with E-state index in [1.165, 1.54) is 13.3 Å². The highest BCUT2D eigenvalue weighted by Crippen LogP contribution is 2.30. The van der Waals surface area contributed by atoms with E-state index in [0.29, 0.717) is 22.6 Å². The van der Waals surface area contributed by atoms with Gasteiger partial charge in [0.25, 0.3) is 5.91 Å². The van der Waals surface area contributed by atoms with Gasteiger partial charge in [-0.3, -0.25) is 4.79 Å². The molecule has 0 spiro atoms. The summed E-state index contributed by atoms with van der Waals surface area (Å²) < 4.78 is 12.1. The molecule has 0 fully saturated rings. The number of carbonyl (C=O) groups is 1. The molecule has 0 aliphatic rings. The molecule has 0 saturated heterocycles. The lowest BCUT2D eigenvalue weighted by atomic mass is 10.2. The van der Waals surface area contributed by atoms with Crippen LogP contribution in [0.1, 0.15) is 15.9 Å². The molecule has 1 amide bonds. The van der Waals surface area contributed by atoms with E-state index in [0.717, 1.165) is 7.14 Å². The number of rotatable bonds is 5. The van der Waals surface area contributed by atoms with Crippen LogP contribution < -0.4 is 14.9 Å². The molecule has 2 rings (SSSR count). The molecule has 8 heteroatoms. The molecule has 0 saturated carbocycles. The molecule has 0 aromatic heterocycles. The van der Waals surface area contributed by atoms with Gasteiger partial charge in [0.2, 0.25) is 0 Å². The van der Waals surface area contributed by atoms with Crippen molar-refractivity contribution in [2.24, 2.45) is 5.10 Å². The quantitative estimate of drug-likeness (QED) is 0.339. The summed E-state index contributed by atoms with van der Waals surface area (Å²) in [7, 11) is 3.02. The molecule has 126 valence electrons. The van der Waals surface area contributed by atoms with Crippen LogP contribution in [0, 0.1) is 7.14 Å². The van der Waals surface area contributed by atoms with Crippen molar-refractivity contribution in [3.63, 3.8) is 0 Å². The van der Waals surface area contributed by atoms with Gasteiger partial charge in [-0.05, 0) is 75.5 Å². The van der Waals surface area contributed by atoms with E-state index in [1.807, 2.05) is 0 Å². The van der Waals surface area contributed by atoms with Gasteiger partial charge in [0.15, 0.2) is 11.5 Å². The van der Waals surface area contributed by atoms with Crippen molar-refractivity contribution in [2.45, 2.75) is 0 Å². The summed E-state index contributed by atoms with van der Waals surface area (Å²) in [6.45, 7) is 0. The van der Waals surface area contributed by atoms with Crippen molar-refractivity contribution in [3.05, 3.63) is 48.6 Å². The minimum absolute atomic E-state index is 0.0353. The van der Waals surface area contributed by atoms with Crippen LogP contribution in [0.5, 0.6) is 17.2 Å². The molecule has 0 radical (unpaired) electrons. The van der Waals surface area contributed by atoms with Crippen LogP contribution in [-0.4, -0.2) is 31.4 Å². The van der Waals surface area contributed by atoms with Gasteiger partial charge in [0.1, 0.15) is 5.75 Å². The second kappa shape index (κ2) is 8.51. The lowest BCUT2D eigenvalue weighted by molar-refractivity contribution is 0.0954. The van der Waals surface area contributed by atoms with E-state index in [2.05, 4.69) is 55.7 Å². The van der Waals surface area contributed by atoms with Crippen molar-refractivity contribution < 1.29 is 19.4 Å². The number of halogens is 2. The first-order chi connectivity index (χ1) is 11.5. The van der Waals surface area contributed by atoms with Crippen molar-refractivity contribution in [1.29, 1.82) is 0 Å². The minimum Gasteiger partial charge on any atom is -0.504 e. The van der Waals surface area contributed by atoms with Gasteiger partial charge in [0.05, 0.1) is 24.0 Å². The number of benzene rings is 2. The number of hydrogen-bond donors (Lipinski definition) is 2. The third-order valence-electron chi connectivity index (χ3n) is 3.07. The maximum Gasteiger partial charge on any atom is 0.271 e. The fourth-order valence-corrected chi connectivity index (χ4v) is 3.05. The van der Waals surface area contributed by atoms with E-state index in [1.54, 1.807) is 37.4 Å². The molecule has 0 atom stereocenters. The van der Waals surface area contributed by atoms with Crippen LogP contribution in [-0.2, 0) is 0 Å². The van der Waals surface area contributed by atoms with Gasteiger partial charge < -0.3 is 14.6 Å². The third kappa shape index (κ3) is 4.50. The predicted molar refractivity (Wildman–Crippen MR) is 108 cm³/mol. The van der Waals surface area contributed by atoms with Crippen LogP contribution in [0.3, 0.4) is 0 Å². The predicted octanol–water partition coefficient (Wildman–Crippen LogP) is 3.38. The number of hydrogen-bond acceptors (Lipinski definition) is 5. The average Bonchev–Trinajstić information content (AvgIpc) is 2.57. The molecule has 0 aliphatic heterocycles. The highest BCUT2D eigenvalue weighted by molar-refractivity contribution is 14.1. The highest BCUT2D eigenvalue weighted by atomic mass is 127. The van der Waals surface area contributed by atoms with Crippen molar-refractivity contribution in [3.8, 4) is 17.2 Å². The largest absolute Gasteiger partial charge is 0.504 e. The summed E-state index contributed by atoms with van der Waals surface area (Å²) in [4.78, 5) is 12.1. The molecule has 0 heterocycles. The Balaban J connectivity index is 2.14. The van der Waals surface area contributed by atoms with Gasteiger partial charge in [-0.15, -0.1) is 0 Å². The van der Waals surface area contributed by atoms with Gasteiger partial charge >= 0.3 is 0 Å². The van der Waals surface area contributed by atoms with E-state index in [4.69, 9.17) is 9.47 Å². The SMILES string of the molecule is COc1cc(C(=O)N/N=C\c2cc(I)cc(OC)c2O)ccc1I. The number of nitrogens with one attached hydrogen (secondary N) is 1. The number of carbonyl (C=O) groups excluding carboxylic acids is 1. The van der Waals surface area contributed by atoms with Gasteiger partial charge in [-0.1, -0.05) is 0 Å². The Morgan fingerprint density at radius 2 is 1.88 bits per heavy atom. The zero-order valence-electron chi connectivity index (χ0n) is 12.8. The van der Waals surface area contributed by atoms with Crippen LogP contribution in [0.25, 0.3) is 0 Å². The summed E-state index contributed by atoms with van der Waals surface area (Å²) >= 11 is 4.23. The van der Waals surface area contributed by atoms with Crippen molar-refractivity contribution in [1.82, 2.24) is 5.43 Å². The lowest BCUT2D eigenvalue weighted by Gasteiger charge is -2.07. The second-order valence-corrected chi connectivity index (χ2v) is 7.00. The Morgan fingerprint density at radius 1 is 1.17 bits per heavy atom. The summed E-state index contributed by atoms with van der Waals surface area (Å²) in [5.41, 5.74) is 3.29. The molecule has 24 heavy (non-hydrogen) atoms. The molecule has 6 nitrogen and oxygen atoms in total. The average molecular weight is 552 g/mol. The number of phenolic OH excluding ortho intramolecular Hbond substituents is 1. The third-order valence-corrected chi connectivity index (χ3v) is 4.59. The molecule has 0 bridgehead atoms. The van der Waals surface area contributed by atoms with Gasteiger partial charge in [-0.2, -0.15) is 5.10 Å². The van der Waals surface area contributed by atoms with Gasteiger partial charge in [-0.25, -0.2) is 5.43 Å². The Kier molecular flexibility index (Phi) is 6.66. The Bertz CT molecular complexity index is 794. The van der Waals surface area contributed by atoms with Crippen molar-refractivity contribution >= 4 is 57.3 Å². The minimum atomic E-state index is -0.377. The molecular weight excluding hydrogens is 538 g/mol. The van der Waals surface area contributed by atoms with E-state index >= 15 is 0 Å². The zero-order valence-corrected chi connectivity index (χ0v) is 17.2. The lowest BCUT2D eigenvalue weighted by Crippen LogP contribution is -2.17. The fraction of sp³-hybridized carbons (Fsp3) is 0.125. The Morgan fingerprint density at radius 3 is 2.54 bits per heavy atom. The van der Waals surface area contributed by atoms with Crippen molar-refractivity contribution in [2.75, 3.05) is 14.2 Å². The fourth-order valence-electron chi connectivity index (χ4n) is 1.87. The first-order valence-electron chi connectivity index (χ1n) is 6.69. The first-order valence-corrected chi connectivity index (χ1v) is 8.85. The van der Waals surface area contributed by atoms with E-state index < -0.39 is 0 Å². The Hall–Kier alpha value is -1.56. The maximum atomic E-state index is 12.1. The number of ether oxygens (including phenoxy) is 2. The first kappa shape index (κ1) is 18.8. The molecular formula is C16H14I2N2O4. The molecule has 2 N–H and O–H groups in total. The molecule has 0 aliphatic carbocycles. The normalized spacial score (nSPS) is 10.7. The standard InChI is InChI=1S/C16H14I2N2O4/c1-23-13-6-9(3-4-12(13)18)16(22)20-19-8-10-5-11(17)7-14(24-2)15(10)21/h3-8,21H,1-2H3,(H,20,22)/b19-8-. The monoisotopic (exact) mass is 552 g/mol.